The smallest absolute Gasteiger partial charge is 0.408 e. The molecule has 1 amide bonds. The molecule has 17 heteroatoms. The Kier molecular flexibility index (Phi) is 14.1. The maximum atomic E-state index is 14.8. The molecule has 4 aromatic carbocycles. The van der Waals surface area contributed by atoms with E-state index in [1.165, 1.54) is 34.0 Å². The lowest BCUT2D eigenvalue weighted by molar-refractivity contribution is -0.159. The van der Waals surface area contributed by atoms with Gasteiger partial charge in [0.1, 0.15) is 25.3 Å². The highest BCUT2D eigenvalue weighted by molar-refractivity contribution is 7.99. The molecule has 4 aromatic rings. The van der Waals surface area contributed by atoms with Crippen LogP contribution in [0.4, 0.5) is 4.79 Å². The molecule has 3 unspecified atom stereocenters. The number of fused-ring (bicyclic) bond motifs is 11. The summed E-state index contributed by atoms with van der Waals surface area (Å²) in [5, 5.41) is 27.2. The molecule has 2 N–H and O–H groups in total. The minimum atomic E-state index is -2.16. The number of nitrogens with one attached hydrogen (secondary N) is 1. The average molecular weight is 999 g/mol. The van der Waals surface area contributed by atoms with Gasteiger partial charge in [-0.2, -0.15) is 17.0 Å². The number of thioether (sulfide) groups is 1. The van der Waals surface area contributed by atoms with Crippen molar-refractivity contribution in [1.29, 1.82) is 5.26 Å². The SMILES string of the molecule is COCCOCOc1c(OC)c(C)cc2c1[C@@H]1C3CC4(O)C(=O)C(C)=C5OCOC5=C4[C@H](COC(=O)[C@@H](CSCC4c5ccccc5-c5ccccc54)NC(=O)OCc4ccccc4)N3C(C#N)[C@H](C2)N1C. The first kappa shape index (κ1) is 49.2. The Bertz CT molecular complexity index is 2820. The number of hydrogen-bond acceptors (Lipinski definition) is 16. The molecular formula is C55H58N4O12S. The molecule has 376 valence electrons. The lowest BCUT2D eigenvalue weighted by Crippen LogP contribution is -2.74. The molecule has 0 spiro atoms. The average Bonchev–Trinajstić information content (AvgIpc) is 4.00. The number of ketones is 1. The predicted octanol–water partition coefficient (Wildman–Crippen LogP) is 6.48. The van der Waals surface area contributed by atoms with Gasteiger partial charge in [0.15, 0.2) is 41.2 Å². The Morgan fingerprint density at radius 2 is 1.65 bits per heavy atom. The highest BCUT2D eigenvalue weighted by atomic mass is 32.2. The zero-order chi connectivity index (χ0) is 50.3. The number of esters is 1. The molecule has 0 radical (unpaired) electrons. The molecule has 0 aromatic heterocycles. The van der Waals surface area contributed by atoms with Crippen molar-refractivity contribution >= 4 is 29.6 Å². The van der Waals surface area contributed by atoms with E-state index in [9.17, 15) is 24.8 Å². The van der Waals surface area contributed by atoms with Gasteiger partial charge in [0.2, 0.25) is 6.79 Å². The molecule has 16 nitrogen and oxygen atoms in total. The molecule has 3 saturated heterocycles. The molecule has 72 heavy (non-hydrogen) atoms. The minimum absolute atomic E-state index is 0.0228. The lowest BCUT2D eigenvalue weighted by atomic mass is 9.65. The highest BCUT2D eigenvalue weighted by Gasteiger charge is 2.64. The van der Waals surface area contributed by atoms with Gasteiger partial charge in [-0.3, -0.25) is 14.6 Å². The Balaban J connectivity index is 0.991. The summed E-state index contributed by atoms with van der Waals surface area (Å²) in [6.07, 6.45) is -0.521. The minimum Gasteiger partial charge on any atom is -0.493 e. The first-order valence-corrected chi connectivity index (χ1v) is 25.3. The van der Waals surface area contributed by atoms with E-state index in [0.717, 1.165) is 22.3 Å². The summed E-state index contributed by atoms with van der Waals surface area (Å²) < 4.78 is 47.3. The first-order chi connectivity index (χ1) is 35.0. The molecule has 3 fully saturated rings. The largest absolute Gasteiger partial charge is 0.493 e. The molecule has 4 aliphatic heterocycles. The summed E-state index contributed by atoms with van der Waals surface area (Å²) in [7, 11) is 5.09. The number of Topliss-reactive ketones (excluding diaryl/α,β-unsaturated/α-hetero) is 1. The van der Waals surface area contributed by atoms with Crippen LogP contribution in [0, 0.1) is 18.3 Å². The van der Waals surface area contributed by atoms with Gasteiger partial charge in [0, 0.05) is 59.7 Å². The van der Waals surface area contributed by atoms with E-state index in [2.05, 4.69) is 40.6 Å². The number of nitrogens with zero attached hydrogens (tertiary/aromatic N) is 3. The molecule has 4 heterocycles. The van der Waals surface area contributed by atoms with Crippen LogP contribution in [0.15, 0.2) is 108 Å². The van der Waals surface area contributed by atoms with E-state index in [1.807, 2.05) is 79.5 Å². The number of hydrogen-bond donors (Lipinski definition) is 2. The van der Waals surface area contributed by atoms with Gasteiger partial charge in [-0.25, -0.2) is 9.59 Å². The van der Waals surface area contributed by atoms with Crippen molar-refractivity contribution in [3.8, 4) is 28.7 Å². The van der Waals surface area contributed by atoms with Crippen LogP contribution >= 0.6 is 11.8 Å². The fraction of sp³-hybridized carbons (Fsp3) is 0.418. The molecule has 6 aliphatic rings. The van der Waals surface area contributed by atoms with Crippen LogP contribution in [0.25, 0.3) is 11.1 Å². The van der Waals surface area contributed by atoms with E-state index in [-0.39, 0.29) is 60.9 Å². The number of carbonyl (C=O) groups excluding carboxylic acids is 3. The van der Waals surface area contributed by atoms with Gasteiger partial charge >= 0.3 is 12.1 Å². The lowest BCUT2D eigenvalue weighted by Gasteiger charge is -2.62. The van der Waals surface area contributed by atoms with E-state index < -0.39 is 66.3 Å². The van der Waals surface area contributed by atoms with E-state index in [1.54, 1.807) is 21.1 Å². The monoisotopic (exact) mass is 998 g/mol. The Morgan fingerprint density at radius 3 is 2.36 bits per heavy atom. The number of rotatable bonds is 17. The molecule has 2 aliphatic carbocycles. The number of alkyl carbamates (subject to hydrolysis) is 1. The van der Waals surface area contributed by atoms with Crippen LogP contribution < -0.4 is 14.8 Å². The van der Waals surface area contributed by atoms with Crippen LogP contribution in [-0.2, 0) is 51.0 Å². The summed E-state index contributed by atoms with van der Waals surface area (Å²) in [5.74, 6) is 0.747. The van der Waals surface area contributed by atoms with Gasteiger partial charge in [0.25, 0.3) is 0 Å². The number of carbonyl (C=O) groups is 3. The third kappa shape index (κ3) is 8.67. The van der Waals surface area contributed by atoms with Gasteiger partial charge in [-0.15, -0.1) is 0 Å². The van der Waals surface area contributed by atoms with Crippen molar-refractivity contribution in [2.24, 2.45) is 0 Å². The van der Waals surface area contributed by atoms with Crippen LogP contribution in [0.3, 0.4) is 0 Å². The van der Waals surface area contributed by atoms with E-state index >= 15 is 0 Å². The van der Waals surface area contributed by atoms with Gasteiger partial charge in [0.05, 0.1) is 38.5 Å². The number of benzene rings is 4. The number of methoxy groups -OCH3 is 2. The second kappa shape index (κ2) is 20.6. The molecule has 0 saturated carbocycles. The second-order valence-corrected chi connectivity index (χ2v) is 20.0. The Hall–Kier alpha value is -6.39. The van der Waals surface area contributed by atoms with Crippen molar-refractivity contribution in [3.05, 3.63) is 141 Å². The maximum absolute atomic E-state index is 14.8. The quantitative estimate of drug-likeness (QED) is 0.0664. The van der Waals surface area contributed by atoms with Crippen LogP contribution in [-0.4, -0.2) is 135 Å². The number of nitriles is 1. The van der Waals surface area contributed by atoms with Gasteiger partial charge in [-0.1, -0.05) is 84.9 Å². The topological polar surface area (TPSA) is 188 Å². The van der Waals surface area contributed by atoms with Gasteiger partial charge in [-0.05, 0) is 66.3 Å². The summed E-state index contributed by atoms with van der Waals surface area (Å²) in [5.41, 5.74) is 6.20. The summed E-state index contributed by atoms with van der Waals surface area (Å²) in [6.45, 7) is 3.42. The number of amides is 1. The standard InChI is InChI=1S/C55H58N4O12S/c1-31-21-34-22-41-43(24-56)59-42(47(58(41)3)45(34)50(48(31)65-5)69-29-66-20-19-64-4)23-55(63)46(51-49(70-30-71-51)32(2)52(55)60)44(59)26-67-53(61)40(57-54(62)68-25-33-13-7-6-8-14-33)28-72-27-39-37-17-11-9-15-35(37)36-16-10-12-18-38(36)39/h6-18,21,39-44,47,63H,19-20,22-23,25-30H2,1-5H3,(H,57,62)/t40-,41+,42?,43?,44+,47+,55?/m1/s1. The second-order valence-electron chi connectivity index (χ2n) is 18.9. The molecule has 10 rings (SSSR count). The third-order valence-electron chi connectivity index (χ3n) is 15.0. The third-order valence-corrected chi connectivity index (χ3v) is 16.1. The van der Waals surface area contributed by atoms with Crippen molar-refractivity contribution in [1.82, 2.24) is 15.1 Å². The van der Waals surface area contributed by atoms with Crippen molar-refractivity contribution in [2.45, 2.75) is 81.1 Å². The Labute approximate surface area is 422 Å². The van der Waals surface area contributed by atoms with Crippen LogP contribution in [0.2, 0.25) is 0 Å². The fourth-order valence-electron chi connectivity index (χ4n) is 11.8. The van der Waals surface area contributed by atoms with E-state index in [0.29, 0.717) is 36.9 Å². The normalized spacial score (nSPS) is 24.3. The number of ether oxygens (including phenoxy) is 8. The first-order valence-electron chi connectivity index (χ1n) is 24.2. The van der Waals surface area contributed by atoms with Gasteiger partial charge < -0.3 is 48.3 Å². The number of piperazine rings is 1. The highest BCUT2D eigenvalue weighted by Crippen LogP contribution is 2.57. The molecule has 2 bridgehead atoms. The van der Waals surface area contributed by atoms with Crippen LogP contribution in [0.1, 0.15) is 58.7 Å². The zero-order valence-electron chi connectivity index (χ0n) is 40.9. The summed E-state index contributed by atoms with van der Waals surface area (Å²) >= 11 is 1.50. The predicted molar refractivity (Wildman–Crippen MR) is 265 cm³/mol. The summed E-state index contributed by atoms with van der Waals surface area (Å²) in [6, 6.07) is 25.6. The number of piperidine rings is 1. The molecular weight excluding hydrogens is 941 g/mol. The Morgan fingerprint density at radius 1 is 0.944 bits per heavy atom. The van der Waals surface area contributed by atoms with Crippen molar-refractivity contribution in [2.75, 3.05) is 66.2 Å². The summed E-state index contributed by atoms with van der Waals surface area (Å²) in [4.78, 5) is 47.2. The number of aryl methyl sites for hydroxylation is 1. The van der Waals surface area contributed by atoms with Crippen LogP contribution in [0.5, 0.6) is 11.5 Å². The van der Waals surface area contributed by atoms with E-state index in [4.69, 9.17) is 37.9 Å². The van der Waals surface area contributed by atoms with Crippen molar-refractivity contribution in [3.63, 3.8) is 0 Å². The maximum Gasteiger partial charge on any atom is 0.408 e. The fourth-order valence-corrected chi connectivity index (χ4v) is 13.0. The van der Waals surface area contributed by atoms with Crippen molar-refractivity contribution < 1.29 is 57.4 Å². The number of aliphatic hydroxyl groups is 1. The molecule has 7 atom stereocenters. The zero-order valence-corrected chi connectivity index (χ0v) is 41.7. The number of likely N-dealkylation sites (N-methyl/N-ethyl adjacent to an activating group) is 1.